The number of hydrogen-bond donors (Lipinski definition) is 0. The Bertz CT molecular complexity index is 603. The molecule has 0 aliphatic carbocycles. The minimum Gasteiger partial charge on any atom is -0.244 e. The Morgan fingerprint density at radius 3 is 2.87 bits per heavy atom. The first-order valence-electron chi connectivity index (χ1n) is 4.14. The maximum atomic E-state index is 6.05. The summed E-state index contributed by atoms with van der Waals surface area (Å²) in [5.41, 5.74) is 1.02. The van der Waals surface area contributed by atoms with Crippen LogP contribution in [0.5, 0.6) is 0 Å². The molecule has 0 aliphatic rings. The van der Waals surface area contributed by atoms with Crippen molar-refractivity contribution in [1.29, 1.82) is 0 Å². The van der Waals surface area contributed by atoms with Crippen molar-refractivity contribution in [3.8, 4) is 10.6 Å². The second-order valence-electron chi connectivity index (χ2n) is 2.83. The maximum Gasteiger partial charge on any atom is 0.141 e. The third-order valence-corrected chi connectivity index (χ3v) is 3.97. The van der Waals surface area contributed by atoms with Gasteiger partial charge in [-0.15, -0.1) is 22.7 Å². The highest BCUT2D eigenvalue weighted by Gasteiger charge is 2.12. The van der Waals surface area contributed by atoms with Gasteiger partial charge in [-0.25, -0.2) is 15.0 Å². The minimum absolute atomic E-state index is 0.492. The Hall–Kier alpha value is -1.04. The number of hydrogen-bond acceptors (Lipinski definition) is 5. The number of aromatic nitrogens is 3. The molecule has 0 spiro atoms. The van der Waals surface area contributed by atoms with Gasteiger partial charge in [0.1, 0.15) is 21.3 Å². The van der Waals surface area contributed by atoms with Gasteiger partial charge in [-0.3, -0.25) is 0 Å². The zero-order valence-electron chi connectivity index (χ0n) is 7.35. The van der Waals surface area contributed by atoms with Crippen LogP contribution in [0, 0.1) is 0 Å². The van der Waals surface area contributed by atoms with Gasteiger partial charge in [0.2, 0.25) is 0 Å². The molecule has 0 amide bonds. The molecule has 0 bridgehead atoms. The number of thiazole rings is 1. The van der Waals surface area contributed by atoms with Crippen LogP contribution in [-0.4, -0.2) is 15.0 Å². The molecule has 0 fully saturated rings. The van der Waals surface area contributed by atoms with Crippen LogP contribution in [-0.2, 0) is 0 Å². The van der Waals surface area contributed by atoms with E-state index in [0.29, 0.717) is 5.15 Å². The fourth-order valence-corrected chi connectivity index (χ4v) is 3.27. The molecule has 6 heteroatoms. The second kappa shape index (κ2) is 3.52. The van der Waals surface area contributed by atoms with Gasteiger partial charge in [0, 0.05) is 22.5 Å². The molecule has 3 nitrogen and oxygen atoms in total. The average Bonchev–Trinajstić information content (AvgIpc) is 2.85. The summed E-state index contributed by atoms with van der Waals surface area (Å²) in [4.78, 5) is 13.3. The van der Waals surface area contributed by atoms with Crippen molar-refractivity contribution in [2.24, 2.45) is 0 Å². The number of rotatable bonds is 1. The van der Waals surface area contributed by atoms with Crippen molar-refractivity contribution in [2.45, 2.75) is 0 Å². The fourth-order valence-electron chi connectivity index (χ4n) is 1.35. The molecule has 0 N–H and O–H groups in total. The van der Waals surface area contributed by atoms with Crippen molar-refractivity contribution in [3.63, 3.8) is 0 Å². The lowest BCUT2D eigenvalue weighted by Gasteiger charge is -1.95. The van der Waals surface area contributed by atoms with Crippen molar-refractivity contribution in [2.75, 3.05) is 0 Å². The van der Waals surface area contributed by atoms with Crippen LogP contribution in [0.2, 0.25) is 5.15 Å². The molecule has 3 aromatic heterocycles. The number of fused-ring (bicyclic) bond motifs is 1. The SMILES string of the molecule is Clc1ncnc2scc(-c3nccs3)c12. The van der Waals surface area contributed by atoms with Crippen molar-refractivity contribution >= 4 is 44.5 Å². The molecule has 74 valence electrons. The summed E-state index contributed by atoms with van der Waals surface area (Å²) < 4.78 is 0. The lowest BCUT2D eigenvalue weighted by molar-refractivity contribution is 1.23. The molecule has 0 saturated carbocycles. The van der Waals surface area contributed by atoms with Gasteiger partial charge in [-0.05, 0) is 0 Å². The molecule has 3 rings (SSSR count). The highest BCUT2D eigenvalue weighted by Crippen LogP contribution is 2.36. The fraction of sp³-hybridized carbons (Fsp3) is 0. The molecule has 0 atom stereocenters. The highest BCUT2D eigenvalue weighted by atomic mass is 35.5. The van der Waals surface area contributed by atoms with Crippen molar-refractivity contribution in [3.05, 3.63) is 28.4 Å². The molecule has 0 saturated heterocycles. The summed E-state index contributed by atoms with van der Waals surface area (Å²) in [6, 6.07) is 0. The van der Waals surface area contributed by atoms with E-state index in [2.05, 4.69) is 15.0 Å². The van der Waals surface area contributed by atoms with Gasteiger partial charge < -0.3 is 0 Å². The van der Waals surface area contributed by atoms with Crippen LogP contribution in [0.3, 0.4) is 0 Å². The molecule has 0 unspecified atom stereocenters. The Morgan fingerprint density at radius 1 is 1.13 bits per heavy atom. The second-order valence-corrected chi connectivity index (χ2v) is 4.94. The zero-order valence-corrected chi connectivity index (χ0v) is 9.73. The monoisotopic (exact) mass is 253 g/mol. The highest BCUT2D eigenvalue weighted by molar-refractivity contribution is 7.18. The molecular weight excluding hydrogens is 250 g/mol. The smallest absolute Gasteiger partial charge is 0.141 e. The van der Waals surface area contributed by atoms with E-state index in [1.165, 1.54) is 6.33 Å². The van der Waals surface area contributed by atoms with E-state index in [4.69, 9.17) is 11.6 Å². The molecule has 0 aliphatic heterocycles. The standard InChI is InChI=1S/C9H4ClN3S2/c10-7-6-5(8-11-1-2-14-8)3-15-9(6)13-4-12-7/h1-4H. The predicted molar refractivity (Wildman–Crippen MR) is 63.5 cm³/mol. The molecule has 0 radical (unpaired) electrons. The van der Waals surface area contributed by atoms with Crippen LogP contribution in [0.15, 0.2) is 23.3 Å². The Balaban J connectivity index is 2.37. The third kappa shape index (κ3) is 1.43. The van der Waals surface area contributed by atoms with E-state index in [1.807, 2.05) is 10.8 Å². The van der Waals surface area contributed by atoms with Crippen LogP contribution in [0.25, 0.3) is 20.8 Å². The van der Waals surface area contributed by atoms with Gasteiger partial charge in [0.05, 0.1) is 5.39 Å². The normalized spacial score (nSPS) is 11.0. The summed E-state index contributed by atoms with van der Waals surface area (Å²) in [5, 5.41) is 6.31. The maximum absolute atomic E-state index is 6.05. The Kier molecular flexibility index (Phi) is 2.16. The summed E-state index contributed by atoms with van der Waals surface area (Å²) in [6.07, 6.45) is 3.26. The molecule has 15 heavy (non-hydrogen) atoms. The first-order valence-corrected chi connectivity index (χ1v) is 6.27. The van der Waals surface area contributed by atoms with E-state index in [-0.39, 0.29) is 0 Å². The van der Waals surface area contributed by atoms with E-state index in [9.17, 15) is 0 Å². The average molecular weight is 254 g/mol. The van der Waals surface area contributed by atoms with Crippen LogP contribution in [0.1, 0.15) is 0 Å². The van der Waals surface area contributed by atoms with E-state index >= 15 is 0 Å². The molecule has 0 aromatic carbocycles. The first kappa shape index (κ1) is 9.21. The summed E-state index contributed by atoms with van der Waals surface area (Å²) in [7, 11) is 0. The lowest BCUT2D eigenvalue weighted by atomic mass is 10.2. The van der Waals surface area contributed by atoms with Crippen LogP contribution < -0.4 is 0 Å². The predicted octanol–water partition coefficient (Wildman–Crippen LogP) is 3.47. The van der Waals surface area contributed by atoms with Crippen LogP contribution in [0.4, 0.5) is 0 Å². The first-order chi connectivity index (χ1) is 7.36. The zero-order chi connectivity index (χ0) is 10.3. The summed E-state index contributed by atoms with van der Waals surface area (Å²) in [6.45, 7) is 0. The van der Waals surface area contributed by atoms with E-state index < -0.39 is 0 Å². The minimum atomic E-state index is 0.492. The Morgan fingerprint density at radius 2 is 2.07 bits per heavy atom. The largest absolute Gasteiger partial charge is 0.244 e. The lowest BCUT2D eigenvalue weighted by Crippen LogP contribution is -1.80. The third-order valence-electron chi connectivity index (χ3n) is 1.99. The number of thiophene rings is 1. The van der Waals surface area contributed by atoms with Crippen molar-refractivity contribution < 1.29 is 0 Å². The molecule has 3 aromatic rings. The number of nitrogens with zero attached hydrogens (tertiary/aromatic N) is 3. The number of halogens is 1. The van der Waals surface area contributed by atoms with Crippen LogP contribution >= 0.6 is 34.3 Å². The van der Waals surface area contributed by atoms with Gasteiger partial charge in [0.15, 0.2) is 0 Å². The summed E-state index contributed by atoms with van der Waals surface area (Å²) >= 11 is 9.20. The molecule has 3 heterocycles. The Labute approximate surface area is 98.4 Å². The van der Waals surface area contributed by atoms with Gasteiger partial charge in [0.25, 0.3) is 0 Å². The van der Waals surface area contributed by atoms with E-state index in [0.717, 1.165) is 20.8 Å². The van der Waals surface area contributed by atoms with E-state index in [1.54, 1.807) is 28.9 Å². The van der Waals surface area contributed by atoms with Gasteiger partial charge in [-0.2, -0.15) is 0 Å². The van der Waals surface area contributed by atoms with Gasteiger partial charge in [-0.1, -0.05) is 11.6 Å². The van der Waals surface area contributed by atoms with Gasteiger partial charge >= 0.3 is 0 Å². The summed E-state index contributed by atoms with van der Waals surface area (Å²) in [5.74, 6) is 0. The topological polar surface area (TPSA) is 38.7 Å². The molecular formula is C9H4ClN3S2. The quantitative estimate of drug-likeness (QED) is 0.624. The van der Waals surface area contributed by atoms with Crippen molar-refractivity contribution in [1.82, 2.24) is 15.0 Å².